The monoisotopic (exact) mass is 345 g/mol. The summed E-state index contributed by atoms with van der Waals surface area (Å²) in [4.78, 5) is 12.2. The maximum absolute atomic E-state index is 12.2. The zero-order chi connectivity index (χ0) is 18.1. The van der Waals surface area contributed by atoms with Gasteiger partial charge >= 0.3 is 0 Å². The van der Waals surface area contributed by atoms with Crippen LogP contribution in [0.5, 0.6) is 5.75 Å². The van der Waals surface area contributed by atoms with Crippen LogP contribution in [0.1, 0.15) is 41.0 Å². The Morgan fingerprint density at radius 3 is 2.72 bits per heavy atom. The Labute approximate surface area is 149 Å². The van der Waals surface area contributed by atoms with Gasteiger partial charge in [0.25, 0.3) is 5.91 Å². The molecule has 2 rings (SSSR count). The number of hydrogen-bond acceptors (Lipinski definition) is 4. The average Bonchev–Trinajstić information content (AvgIpc) is 2.94. The lowest BCUT2D eigenvalue weighted by molar-refractivity contribution is 0.0941. The summed E-state index contributed by atoms with van der Waals surface area (Å²) in [6.07, 6.45) is 3.15. The van der Waals surface area contributed by atoms with Gasteiger partial charge in [-0.1, -0.05) is 12.1 Å². The second kappa shape index (κ2) is 9.84. The maximum atomic E-state index is 12.2. The van der Waals surface area contributed by atoms with Gasteiger partial charge in [0.05, 0.1) is 12.3 Å². The maximum Gasteiger partial charge on any atom is 0.269 e. The van der Waals surface area contributed by atoms with Crippen LogP contribution < -0.4 is 10.1 Å². The number of carbonyl (C=O) groups is 1. The fourth-order valence-electron chi connectivity index (χ4n) is 2.56. The molecule has 0 fully saturated rings. The molecule has 1 amide bonds. The number of aromatic nitrogens is 2. The number of methoxy groups -OCH3 is 1. The predicted molar refractivity (Wildman–Crippen MR) is 96.8 cm³/mol. The lowest BCUT2D eigenvalue weighted by atomic mass is 10.2. The van der Waals surface area contributed by atoms with Gasteiger partial charge in [-0.25, -0.2) is 0 Å². The highest BCUT2D eigenvalue weighted by molar-refractivity contribution is 5.92. The first-order chi connectivity index (χ1) is 12.1. The predicted octanol–water partition coefficient (Wildman–Crippen LogP) is 2.85. The number of ether oxygens (including phenoxy) is 2. The van der Waals surface area contributed by atoms with E-state index in [0.717, 1.165) is 42.9 Å². The molecule has 0 radical (unpaired) electrons. The highest BCUT2D eigenvalue weighted by Crippen LogP contribution is 2.14. The van der Waals surface area contributed by atoms with E-state index in [2.05, 4.69) is 10.4 Å². The Balaban J connectivity index is 1.79. The molecule has 0 aliphatic carbocycles. The van der Waals surface area contributed by atoms with E-state index in [9.17, 15) is 4.79 Å². The number of hydrogen-bond donors (Lipinski definition) is 1. The minimum atomic E-state index is -0.132. The van der Waals surface area contributed by atoms with Crippen molar-refractivity contribution in [3.05, 3.63) is 47.3 Å². The van der Waals surface area contributed by atoms with Crippen molar-refractivity contribution in [2.24, 2.45) is 7.05 Å². The van der Waals surface area contributed by atoms with E-state index in [-0.39, 0.29) is 5.91 Å². The van der Waals surface area contributed by atoms with Gasteiger partial charge in [-0.3, -0.25) is 9.48 Å². The summed E-state index contributed by atoms with van der Waals surface area (Å²) >= 11 is 0. The Hall–Kier alpha value is -2.34. The number of benzene rings is 1. The average molecular weight is 345 g/mol. The summed E-state index contributed by atoms with van der Waals surface area (Å²) < 4.78 is 12.4. The van der Waals surface area contributed by atoms with Crippen molar-refractivity contribution < 1.29 is 14.3 Å². The van der Waals surface area contributed by atoms with Crippen LogP contribution in [-0.2, 0) is 18.3 Å². The lowest BCUT2D eigenvalue weighted by Crippen LogP contribution is -2.25. The highest BCUT2D eigenvalue weighted by Gasteiger charge is 2.11. The van der Waals surface area contributed by atoms with Crippen LogP contribution in [0.2, 0.25) is 0 Å². The van der Waals surface area contributed by atoms with Crippen LogP contribution in [-0.4, -0.2) is 36.0 Å². The molecule has 0 spiro atoms. The second-order valence-corrected chi connectivity index (χ2v) is 6.03. The number of carbonyl (C=O) groups excluding carboxylic acids is 1. The first-order valence-corrected chi connectivity index (χ1v) is 8.59. The minimum absolute atomic E-state index is 0.132. The third-order valence-electron chi connectivity index (χ3n) is 3.85. The van der Waals surface area contributed by atoms with E-state index >= 15 is 0 Å². The van der Waals surface area contributed by atoms with Gasteiger partial charge in [0.1, 0.15) is 11.4 Å². The summed E-state index contributed by atoms with van der Waals surface area (Å²) in [6.45, 7) is 3.81. The van der Waals surface area contributed by atoms with Crippen LogP contribution >= 0.6 is 0 Å². The van der Waals surface area contributed by atoms with Crippen LogP contribution in [0.25, 0.3) is 0 Å². The standard InChI is InChI=1S/C19H27N3O3/c1-15-12-18(22(2)21-15)19(23)20-14-16-8-7-9-17(13-16)25-11-6-4-5-10-24-3/h7-9,12-13H,4-6,10-11,14H2,1-3H3,(H,20,23). The summed E-state index contributed by atoms with van der Waals surface area (Å²) in [7, 11) is 3.49. The number of nitrogens with one attached hydrogen (secondary N) is 1. The molecule has 0 saturated carbocycles. The van der Waals surface area contributed by atoms with Crippen molar-refractivity contribution in [2.75, 3.05) is 20.3 Å². The molecule has 1 heterocycles. The largest absolute Gasteiger partial charge is 0.494 e. The number of unbranched alkanes of at least 4 members (excludes halogenated alkanes) is 2. The number of aryl methyl sites for hydroxylation is 2. The molecular formula is C19H27N3O3. The van der Waals surface area contributed by atoms with Gasteiger partial charge in [0.2, 0.25) is 0 Å². The van der Waals surface area contributed by atoms with Crippen molar-refractivity contribution in [1.29, 1.82) is 0 Å². The van der Waals surface area contributed by atoms with E-state index in [0.29, 0.717) is 18.8 Å². The fraction of sp³-hybridized carbons (Fsp3) is 0.474. The van der Waals surface area contributed by atoms with E-state index in [4.69, 9.17) is 9.47 Å². The van der Waals surface area contributed by atoms with Crippen LogP contribution in [0.3, 0.4) is 0 Å². The topological polar surface area (TPSA) is 65.4 Å². The quantitative estimate of drug-likeness (QED) is 0.673. The molecule has 0 saturated heterocycles. The minimum Gasteiger partial charge on any atom is -0.494 e. The first-order valence-electron chi connectivity index (χ1n) is 8.59. The molecule has 6 heteroatoms. The van der Waals surface area contributed by atoms with Gasteiger partial charge in [-0.05, 0) is 49.9 Å². The second-order valence-electron chi connectivity index (χ2n) is 6.03. The summed E-state index contributed by atoms with van der Waals surface area (Å²) in [6, 6.07) is 9.59. The SMILES string of the molecule is COCCCCCOc1cccc(CNC(=O)c2cc(C)nn2C)c1. The summed E-state index contributed by atoms with van der Waals surface area (Å²) in [5, 5.41) is 7.11. The van der Waals surface area contributed by atoms with Gasteiger partial charge in [0.15, 0.2) is 0 Å². The number of amides is 1. The number of nitrogens with zero attached hydrogens (tertiary/aromatic N) is 2. The molecule has 2 aromatic rings. The zero-order valence-corrected chi connectivity index (χ0v) is 15.2. The fourth-order valence-corrected chi connectivity index (χ4v) is 2.56. The van der Waals surface area contributed by atoms with Crippen molar-refractivity contribution in [1.82, 2.24) is 15.1 Å². The molecule has 0 aliphatic heterocycles. The third-order valence-corrected chi connectivity index (χ3v) is 3.85. The Bertz CT molecular complexity index is 682. The molecule has 25 heavy (non-hydrogen) atoms. The smallest absolute Gasteiger partial charge is 0.269 e. The Morgan fingerprint density at radius 2 is 2.00 bits per heavy atom. The van der Waals surface area contributed by atoms with Crippen LogP contribution in [0.15, 0.2) is 30.3 Å². The van der Waals surface area contributed by atoms with E-state index in [1.807, 2.05) is 31.2 Å². The molecule has 136 valence electrons. The normalized spacial score (nSPS) is 10.7. The van der Waals surface area contributed by atoms with Gasteiger partial charge in [-0.15, -0.1) is 0 Å². The van der Waals surface area contributed by atoms with Crippen LogP contribution in [0, 0.1) is 6.92 Å². The van der Waals surface area contributed by atoms with E-state index < -0.39 is 0 Å². The molecule has 1 N–H and O–H groups in total. The molecule has 0 atom stereocenters. The molecule has 6 nitrogen and oxygen atoms in total. The molecular weight excluding hydrogens is 318 g/mol. The lowest BCUT2D eigenvalue weighted by Gasteiger charge is -2.09. The van der Waals surface area contributed by atoms with Gasteiger partial charge < -0.3 is 14.8 Å². The van der Waals surface area contributed by atoms with Crippen molar-refractivity contribution in [3.63, 3.8) is 0 Å². The first kappa shape index (κ1) is 19.0. The Morgan fingerprint density at radius 1 is 1.20 bits per heavy atom. The highest BCUT2D eigenvalue weighted by atomic mass is 16.5. The molecule has 0 unspecified atom stereocenters. The molecule has 0 bridgehead atoms. The zero-order valence-electron chi connectivity index (χ0n) is 15.2. The number of rotatable bonds is 10. The molecule has 1 aromatic carbocycles. The molecule has 1 aromatic heterocycles. The molecule has 0 aliphatic rings. The van der Waals surface area contributed by atoms with E-state index in [1.165, 1.54) is 0 Å². The van der Waals surface area contributed by atoms with Gasteiger partial charge in [0, 0.05) is 27.3 Å². The third kappa shape index (κ3) is 6.23. The Kier molecular flexibility index (Phi) is 7.47. The summed E-state index contributed by atoms with van der Waals surface area (Å²) in [5.41, 5.74) is 2.39. The van der Waals surface area contributed by atoms with Crippen molar-refractivity contribution >= 4 is 5.91 Å². The van der Waals surface area contributed by atoms with E-state index in [1.54, 1.807) is 24.9 Å². The van der Waals surface area contributed by atoms with Crippen molar-refractivity contribution in [3.8, 4) is 5.75 Å². The van der Waals surface area contributed by atoms with Crippen LogP contribution in [0.4, 0.5) is 0 Å². The van der Waals surface area contributed by atoms with Gasteiger partial charge in [-0.2, -0.15) is 5.10 Å². The summed E-state index contributed by atoms with van der Waals surface area (Å²) in [5.74, 6) is 0.697. The van der Waals surface area contributed by atoms with Crippen molar-refractivity contribution in [2.45, 2.75) is 32.7 Å².